The topological polar surface area (TPSA) is 102 Å². The summed E-state index contributed by atoms with van der Waals surface area (Å²) in [6, 6.07) is 14.4. The van der Waals surface area contributed by atoms with Gasteiger partial charge in [-0.05, 0) is 73.1 Å². The zero-order chi connectivity index (χ0) is 27.6. The zero-order valence-electron chi connectivity index (χ0n) is 22.4. The molecule has 8 heteroatoms. The Balaban J connectivity index is 1.71. The molecule has 3 aromatic carbocycles. The quantitative estimate of drug-likeness (QED) is 0.249. The molecule has 4 rings (SSSR count). The number of hydrogen-bond donors (Lipinski definition) is 3. The van der Waals surface area contributed by atoms with Gasteiger partial charge in [0.05, 0.1) is 35.7 Å². The highest BCUT2D eigenvalue weighted by Crippen LogP contribution is 2.37. The smallest absolute Gasteiger partial charge is 0.304 e. The average Bonchev–Trinajstić information content (AvgIpc) is 2.98. The Morgan fingerprint density at radius 1 is 1.24 bits per heavy atom. The van der Waals surface area contributed by atoms with Gasteiger partial charge in [0.25, 0.3) is 0 Å². The SMILES string of the molecule is CCNc1ccc(C(CC(=O)O)c2ccc(C)c(CN3C[C@@H](C)Cc4ccc(F)cc4[S+]3[O-])c2)c(C)c1N. The molecule has 1 aliphatic rings. The largest absolute Gasteiger partial charge is 0.593 e. The van der Waals surface area contributed by atoms with Crippen LogP contribution in [-0.2, 0) is 29.1 Å². The van der Waals surface area contributed by atoms with Crippen LogP contribution in [0.2, 0.25) is 0 Å². The number of aliphatic carboxylic acids is 1. The summed E-state index contributed by atoms with van der Waals surface area (Å²) in [4.78, 5) is 12.5. The highest BCUT2D eigenvalue weighted by Gasteiger charge is 2.32. The molecular weight excluding hydrogens is 501 g/mol. The maximum absolute atomic E-state index is 14.0. The van der Waals surface area contributed by atoms with Gasteiger partial charge in [0.2, 0.25) is 0 Å². The molecule has 0 fully saturated rings. The second kappa shape index (κ2) is 11.8. The van der Waals surface area contributed by atoms with E-state index in [-0.39, 0.29) is 12.3 Å². The summed E-state index contributed by atoms with van der Waals surface area (Å²) >= 11 is -1.51. The number of carboxylic acids is 1. The minimum Gasteiger partial charge on any atom is -0.593 e. The molecular formula is C30H36FN3O3S. The molecule has 0 saturated carbocycles. The molecule has 0 bridgehead atoms. The number of carbonyl (C=O) groups is 1. The van der Waals surface area contributed by atoms with E-state index >= 15 is 0 Å². The van der Waals surface area contributed by atoms with Crippen molar-refractivity contribution in [3.05, 3.63) is 87.7 Å². The first-order valence-electron chi connectivity index (χ1n) is 13.0. The Kier molecular flexibility index (Phi) is 8.65. The number of nitrogens with zero attached hydrogens (tertiary/aromatic N) is 1. The molecule has 3 atom stereocenters. The highest BCUT2D eigenvalue weighted by molar-refractivity contribution is 7.89. The van der Waals surface area contributed by atoms with Crippen LogP contribution in [0.4, 0.5) is 15.8 Å². The van der Waals surface area contributed by atoms with Crippen molar-refractivity contribution in [1.82, 2.24) is 4.31 Å². The van der Waals surface area contributed by atoms with Gasteiger partial charge in [-0.2, -0.15) is 0 Å². The van der Waals surface area contributed by atoms with E-state index in [1.807, 2.05) is 55.4 Å². The molecule has 38 heavy (non-hydrogen) atoms. The minimum atomic E-state index is -1.51. The molecule has 0 amide bonds. The Hall–Kier alpha value is -3.07. The number of halogens is 1. The highest BCUT2D eigenvalue weighted by atomic mass is 32.2. The van der Waals surface area contributed by atoms with Crippen molar-refractivity contribution >= 4 is 28.7 Å². The summed E-state index contributed by atoms with van der Waals surface area (Å²) in [7, 11) is 0. The zero-order valence-corrected chi connectivity index (χ0v) is 23.2. The van der Waals surface area contributed by atoms with E-state index in [1.54, 1.807) is 6.07 Å². The van der Waals surface area contributed by atoms with Crippen molar-refractivity contribution in [3.8, 4) is 0 Å². The molecule has 0 spiro atoms. The molecule has 0 saturated heterocycles. The van der Waals surface area contributed by atoms with Crippen molar-refractivity contribution < 1.29 is 18.8 Å². The molecule has 1 aliphatic heterocycles. The lowest BCUT2D eigenvalue weighted by Crippen LogP contribution is -2.33. The van der Waals surface area contributed by atoms with Crippen LogP contribution in [-0.4, -0.2) is 33.0 Å². The monoisotopic (exact) mass is 537 g/mol. The Labute approximate surface area is 227 Å². The normalized spacial score (nSPS) is 18.5. The molecule has 0 aromatic heterocycles. The van der Waals surface area contributed by atoms with Crippen molar-refractivity contribution in [3.63, 3.8) is 0 Å². The number of benzene rings is 3. The van der Waals surface area contributed by atoms with E-state index in [2.05, 4.69) is 12.2 Å². The first kappa shape index (κ1) is 28.0. The number of fused-ring (bicyclic) bond motifs is 1. The number of anilines is 2. The van der Waals surface area contributed by atoms with Gasteiger partial charge < -0.3 is 20.7 Å². The van der Waals surface area contributed by atoms with Crippen LogP contribution in [0.1, 0.15) is 59.6 Å². The van der Waals surface area contributed by atoms with Crippen LogP contribution in [0.25, 0.3) is 0 Å². The second-order valence-corrected chi connectivity index (χ2v) is 11.7. The summed E-state index contributed by atoms with van der Waals surface area (Å²) in [5, 5.41) is 13.0. The summed E-state index contributed by atoms with van der Waals surface area (Å²) in [6.07, 6.45) is 0.657. The fourth-order valence-electron chi connectivity index (χ4n) is 5.30. The van der Waals surface area contributed by atoms with E-state index in [1.165, 1.54) is 12.1 Å². The third kappa shape index (κ3) is 5.98. The molecule has 0 radical (unpaired) electrons. The number of nitrogens with one attached hydrogen (secondary N) is 1. The third-order valence-electron chi connectivity index (χ3n) is 7.34. The fourth-order valence-corrected chi connectivity index (χ4v) is 6.81. The van der Waals surface area contributed by atoms with E-state index in [9.17, 15) is 18.8 Å². The second-order valence-electron chi connectivity index (χ2n) is 10.2. The molecule has 2 unspecified atom stereocenters. The standard InChI is InChI=1S/C30H36FN3O3S/c1-5-33-27-11-10-25(20(4)30(27)32)26(15-29(35)36)21-7-6-19(3)23(13-21)17-34-16-18(2)12-22-8-9-24(31)14-28(22)38(34)37/h6-11,13-14,18,26,33H,5,12,15-17,32H2,1-4H3,(H,35,36)/t18-,26?,38?/m0/s1. The minimum absolute atomic E-state index is 0.0807. The summed E-state index contributed by atoms with van der Waals surface area (Å²) in [6.45, 7) is 9.78. The predicted molar refractivity (Wildman–Crippen MR) is 151 cm³/mol. The predicted octanol–water partition coefficient (Wildman–Crippen LogP) is 5.78. The van der Waals surface area contributed by atoms with Gasteiger partial charge in [-0.25, -0.2) is 4.39 Å². The van der Waals surface area contributed by atoms with E-state index < -0.39 is 29.1 Å². The number of rotatable bonds is 8. The third-order valence-corrected chi connectivity index (χ3v) is 8.84. The molecule has 3 aromatic rings. The van der Waals surface area contributed by atoms with Gasteiger partial charge in [0, 0.05) is 30.6 Å². The number of hydrogen-bond acceptors (Lipinski definition) is 5. The van der Waals surface area contributed by atoms with Gasteiger partial charge in [-0.15, -0.1) is 4.31 Å². The Morgan fingerprint density at radius 3 is 2.71 bits per heavy atom. The van der Waals surface area contributed by atoms with Crippen LogP contribution in [0.15, 0.2) is 53.4 Å². The summed E-state index contributed by atoms with van der Waals surface area (Å²) in [5.74, 6) is -1.44. The molecule has 0 aliphatic carbocycles. The van der Waals surface area contributed by atoms with Gasteiger partial charge in [-0.3, -0.25) is 4.79 Å². The van der Waals surface area contributed by atoms with Gasteiger partial charge in [0.15, 0.2) is 4.90 Å². The Morgan fingerprint density at radius 2 is 2.00 bits per heavy atom. The van der Waals surface area contributed by atoms with Crippen molar-refractivity contribution in [2.75, 3.05) is 24.1 Å². The van der Waals surface area contributed by atoms with Crippen LogP contribution in [0.5, 0.6) is 0 Å². The van der Waals surface area contributed by atoms with Gasteiger partial charge in [0.1, 0.15) is 5.82 Å². The maximum Gasteiger partial charge on any atom is 0.304 e. The van der Waals surface area contributed by atoms with Gasteiger partial charge >= 0.3 is 5.97 Å². The number of carboxylic acid groups (broad SMARTS) is 1. The first-order valence-corrected chi connectivity index (χ1v) is 14.1. The molecule has 202 valence electrons. The number of nitrogen functional groups attached to an aromatic ring is 1. The van der Waals surface area contributed by atoms with Crippen molar-refractivity contribution in [2.45, 2.75) is 57.9 Å². The maximum atomic E-state index is 14.0. The van der Waals surface area contributed by atoms with Gasteiger partial charge in [-0.1, -0.05) is 37.3 Å². The number of aryl methyl sites for hydroxylation is 1. The lowest BCUT2D eigenvalue weighted by Gasteiger charge is -2.26. The summed E-state index contributed by atoms with van der Waals surface area (Å²) < 4.78 is 29.5. The fraction of sp³-hybridized carbons (Fsp3) is 0.367. The van der Waals surface area contributed by atoms with Crippen LogP contribution < -0.4 is 11.1 Å². The van der Waals surface area contributed by atoms with Crippen LogP contribution in [0, 0.1) is 25.6 Å². The summed E-state index contributed by atoms with van der Waals surface area (Å²) in [5.41, 5.74) is 13.4. The van der Waals surface area contributed by atoms with E-state index in [0.29, 0.717) is 23.7 Å². The van der Waals surface area contributed by atoms with E-state index in [4.69, 9.17) is 5.73 Å². The van der Waals surface area contributed by atoms with Crippen LogP contribution >= 0.6 is 0 Å². The van der Waals surface area contributed by atoms with E-state index in [0.717, 1.165) is 52.0 Å². The molecule has 1 heterocycles. The number of nitrogens with two attached hydrogens (primary N) is 1. The van der Waals surface area contributed by atoms with Crippen LogP contribution in [0.3, 0.4) is 0 Å². The average molecular weight is 538 g/mol. The Bertz CT molecular complexity index is 1330. The lowest BCUT2D eigenvalue weighted by molar-refractivity contribution is -0.137. The molecule has 6 nitrogen and oxygen atoms in total. The van der Waals surface area contributed by atoms with Crippen molar-refractivity contribution in [2.24, 2.45) is 5.92 Å². The molecule has 4 N–H and O–H groups in total. The van der Waals surface area contributed by atoms with Crippen molar-refractivity contribution in [1.29, 1.82) is 0 Å². The lowest BCUT2D eigenvalue weighted by atomic mass is 9.84. The first-order chi connectivity index (χ1) is 18.1.